The summed E-state index contributed by atoms with van der Waals surface area (Å²) in [7, 11) is 0. The number of carbonyl (C=O) groups is 1. The molecule has 1 N–H and O–H groups in total. The molecule has 2 fully saturated rings. The molecular weight excluding hydrogens is 330 g/mol. The van der Waals surface area contributed by atoms with Crippen LogP contribution in [0.1, 0.15) is 52.4 Å². The van der Waals surface area contributed by atoms with Crippen LogP contribution in [-0.4, -0.2) is 37.7 Å². The standard InChI is InChI=1S/C20H27N3O3/c1-18(2)9-14-16(15(24)10-18)20(13-11-21-23-17(13)22-14)5-8-26-19(12-20)3-6-25-7-4-19/h22H,3-12H2,1-2H3/t20-/m0/s1. The zero-order chi connectivity index (χ0) is 18.0. The maximum Gasteiger partial charge on any atom is 0.162 e. The smallest absolute Gasteiger partial charge is 0.162 e. The van der Waals surface area contributed by atoms with Crippen LogP contribution >= 0.6 is 0 Å². The Balaban J connectivity index is 1.63. The van der Waals surface area contributed by atoms with E-state index in [2.05, 4.69) is 29.4 Å². The van der Waals surface area contributed by atoms with Gasteiger partial charge in [-0.05, 0) is 37.5 Å². The Labute approximate surface area is 154 Å². The van der Waals surface area contributed by atoms with Crippen LogP contribution in [0.15, 0.2) is 32.9 Å². The number of ether oxygens (including phenoxy) is 2. The normalized spacial score (nSPS) is 34.9. The van der Waals surface area contributed by atoms with Crippen LogP contribution < -0.4 is 5.32 Å². The predicted octanol–water partition coefficient (Wildman–Crippen LogP) is 3.26. The first-order valence-electron chi connectivity index (χ1n) is 9.80. The average molecular weight is 357 g/mol. The van der Waals surface area contributed by atoms with Gasteiger partial charge in [-0.15, -0.1) is 5.11 Å². The fourth-order valence-corrected chi connectivity index (χ4v) is 5.73. The number of Topliss-reactive ketones (excluding diaryl/α,β-unsaturated/α-hetero) is 1. The molecule has 6 nitrogen and oxygen atoms in total. The molecule has 0 aromatic carbocycles. The lowest BCUT2D eigenvalue weighted by molar-refractivity contribution is -0.157. The van der Waals surface area contributed by atoms with E-state index in [9.17, 15) is 4.79 Å². The van der Waals surface area contributed by atoms with Gasteiger partial charge in [0.1, 0.15) is 0 Å². The van der Waals surface area contributed by atoms with E-state index < -0.39 is 0 Å². The number of nitrogens with one attached hydrogen (secondary N) is 1. The molecule has 0 bridgehead atoms. The van der Waals surface area contributed by atoms with Gasteiger partial charge < -0.3 is 14.8 Å². The molecule has 0 amide bonds. The maximum absolute atomic E-state index is 13.3. The van der Waals surface area contributed by atoms with E-state index in [1.807, 2.05) is 0 Å². The summed E-state index contributed by atoms with van der Waals surface area (Å²) in [5, 5.41) is 12.2. The van der Waals surface area contributed by atoms with Gasteiger partial charge >= 0.3 is 0 Å². The molecule has 0 unspecified atom stereocenters. The second kappa shape index (κ2) is 5.49. The monoisotopic (exact) mass is 357 g/mol. The summed E-state index contributed by atoms with van der Waals surface area (Å²) in [5.41, 5.74) is 2.84. The van der Waals surface area contributed by atoms with Gasteiger partial charge in [0.2, 0.25) is 0 Å². The van der Waals surface area contributed by atoms with Gasteiger partial charge in [-0.25, -0.2) is 0 Å². The van der Waals surface area contributed by atoms with Crippen molar-refractivity contribution in [2.75, 3.05) is 26.4 Å². The first-order chi connectivity index (χ1) is 12.4. The van der Waals surface area contributed by atoms with Crippen molar-refractivity contribution in [3.63, 3.8) is 0 Å². The predicted molar refractivity (Wildman–Crippen MR) is 95.3 cm³/mol. The van der Waals surface area contributed by atoms with Crippen molar-refractivity contribution >= 4 is 5.78 Å². The highest BCUT2D eigenvalue weighted by molar-refractivity contribution is 6.00. The summed E-state index contributed by atoms with van der Waals surface area (Å²) >= 11 is 0. The van der Waals surface area contributed by atoms with Crippen LogP contribution in [0, 0.1) is 10.8 Å². The fourth-order valence-electron chi connectivity index (χ4n) is 5.73. The minimum Gasteiger partial charge on any atom is -0.381 e. The molecule has 4 aliphatic heterocycles. The molecular formula is C20H27N3O3. The number of rotatable bonds is 0. The van der Waals surface area contributed by atoms with Crippen LogP contribution in [0.3, 0.4) is 0 Å². The Morgan fingerprint density at radius 2 is 1.88 bits per heavy atom. The van der Waals surface area contributed by atoms with Crippen molar-refractivity contribution in [3.05, 3.63) is 22.7 Å². The van der Waals surface area contributed by atoms with E-state index in [1.165, 1.54) is 5.57 Å². The first-order valence-corrected chi connectivity index (χ1v) is 9.80. The van der Waals surface area contributed by atoms with E-state index >= 15 is 0 Å². The molecule has 1 aliphatic carbocycles. The fraction of sp³-hybridized carbons (Fsp3) is 0.750. The second-order valence-corrected chi connectivity index (χ2v) is 9.30. The average Bonchev–Trinajstić information content (AvgIpc) is 3.03. The quantitative estimate of drug-likeness (QED) is 0.722. The minimum absolute atomic E-state index is 0.0144. The third kappa shape index (κ3) is 2.34. The number of nitrogens with zero attached hydrogens (tertiary/aromatic N) is 2. The number of fused-ring (bicyclic) bond motifs is 2. The van der Waals surface area contributed by atoms with Crippen molar-refractivity contribution in [1.82, 2.24) is 5.32 Å². The Kier molecular flexibility index (Phi) is 3.51. The minimum atomic E-state index is -0.261. The van der Waals surface area contributed by atoms with Gasteiger partial charge in [0, 0.05) is 48.5 Å². The van der Waals surface area contributed by atoms with Gasteiger partial charge in [0.15, 0.2) is 11.6 Å². The number of hydrogen-bond donors (Lipinski definition) is 1. The zero-order valence-corrected chi connectivity index (χ0v) is 15.7. The molecule has 6 heteroatoms. The number of allylic oxidation sites excluding steroid dienone is 2. The Morgan fingerprint density at radius 1 is 1.08 bits per heavy atom. The van der Waals surface area contributed by atoms with Crippen molar-refractivity contribution < 1.29 is 14.3 Å². The third-order valence-electron chi connectivity index (χ3n) is 6.85. The molecule has 0 saturated carbocycles. The number of carbonyl (C=O) groups excluding carboxylic acids is 1. The number of ketones is 1. The number of azo groups is 1. The summed E-state index contributed by atoms with van der Waals surface area (Å²) in [6.07, 6.45) is 5.02. The molecule has 5 aliphatic rings. The largest absolute Gasteiger partial charge is 0.381 e. The molecule has 0 aromatic rings. The summed E-state index contributed by atoms with van der Waals surface area (Å²) in [5.74, 6) is 1.18. The summed E-state index contributed by atoms with van der Waals surface area (Å²) < 4.78 is 11.9. The number of dihydropyridines is 1. The van der Waals surface area contributed by atoms with Crippen LogP contribution in [0.5, 0.6) is 0 Å². The Bertz CT molecular complexity index is 753. The van der Waals surface area contributed by atoms with E-state index in [0.29, 0.717) is 25.4 Å². The number of hydrogen-bond acceptors (Lipinski definition) is 6. The van der Waals surface area contributed by atoms with Crippen molar-refractivity contribution in [2.24, 2.45) is 21.1 Å². The Morgan fingerprint density at radius 3 is 2.69 bits per heavy atom. The molecule has 2 spiro atoms. The van der Waals surface area contributed by atoms with Gasteiger partial charge in [-0.3, -0.25) is 4.79 Å². The van der Waals surface area contributed by atoms with Gasteiger partial charge in [-0.1, -0.05) is 13.8 Å². The van der Waals surface area contributed by atoms with Crippen LogP contribution in [0.25, 0.3) is 0 Å². The first kappa shape index (κ1) is 16.6. The SMILES string of the molecule is CC1(C)CC(=O)C2=C(C1)NC1=C(CN=N1)[C@@]21CCOC2(CCOCC2)C1. The third-order valence-corrected chi connectivity index (χ3v) is 6.85. The van der Waals surface area contributed by atoms with Crippen LogP contribution in [0.2, 0.25) is 0 Å². The molecule has 1 atom stereocenters. The molecule has 5 rings (SSSR count). The van der Waals surface area contributed by atoms with E-state index in [4.69, 9.17) is 9.47 Å². The Hall–Kier alpha value is -1.53. The van der Waals surface area contributed by atoms with Gasteiger partial charge in [0.25, 0.3) is 0 Å². The lowest BCUT2D eigenvalue weighted by Gasteiger charge is -2.53. The molecule has 4 heterocycles. The van der Waals surface area contributed by atoms with E-state index in [1.54, 1.807) is 0 Å². The molecule has 0 aromatic heterocycles. The summed E-state index contributed by atoms with van der Waals surface area (Å²) in [6, 6.07) is 0. The van der Waals surface area contributed by atoms with Crippen LogP contribution in [0.4, 0.5) is 0 Å². The highest BCUT2D eigenvalue weighted by Crippen LogP contribution is 2.58. The molecule has 26 heavy (non-hydrogen) atoms. The highest BCUT2D eigenvalue weighted by Gasteiger charge is 2.56. The van der Waals surface area contributed by atoms with Gasteiger partial charge in [0.05, 0.1) is 12.1 Å². The van der Waals surface area contributed by atoms with E-state index in [-0.39, 0.29) is 16.4 Å². The highest BCUT2D eigenvalue weighted by atomic mass is 16.5. The lowest BCUT2D eigenvalue weighted by atomic mass is 9.57. The maximum atomic E-state index is 13.3. The van der Waals surface area contributed by atoms with Crippen molar-refractivity contribution in [3.8, 4) is 0 Å². The van der Waals surface area contributed by atoms with E-state index in [0.717, 1.165) is 62.4 Å². The molecule has 140 valence electrons. The molecule has 0 radical (unpaired) electrons. The van der Waals surface area contributed by atoms with Crippen molar-refractivity contribution in [1.29, 1.82) is 0 Å². The summed E-state index contributed by atoms with van der Waals surface area (Å²) in [6.45, 7) is 7.11. The van der Waals surface area contributed by atoms with Gasteiger partial charge in [-0.2, -0.15) is 5.11 Å². The molecule has 2 saturated heterocycles. The lowest BCUT2D eigenvalue weighted by Crippen LogP contribution is -2.54. The van der Waals surface area contributed by atoms with Crippen LogP contribution in [-0.2, 0) is 14.3 Å². The van der Waals surface area contributed by atoms with Crippen molar-refractivity contribution in [2.45, 2.75) is 58.0 Å². The zero-order valence-electron chi connectivity index (χ0n) is 15.7. The second-order valence-electron chi connectivity index (χ2n) is 9.30. The summed E-state index contributed by atoms with van der Waals surface area (Å²) in [4.78, 5) is 13.3. The topological polar surface area (TPSA) is 72.3 Å².